The Morgan fingerprint density at radius 1 is 0.826 bits per heavy atom. The summed E-state index contributed by atoms with van der Waals surface area (Å²) in [6.45, 7) is 2.98. The van der Waals surface area contributed by atoms with Crippen molar-refractivity contribution in [2.75, 3.05) is 12.0 Å². The molecule has 0 spiro atoms. The van der Waals surface area contributed by atoms with Crippen molar-refractivity contribution in [3.63, 3.8) is 0 Å². The topological polar surface area (TPSA) is 68.3 Å². The van der Waals surface area contributed by atoms with Crippen LogP contribution in [0.2, 0.25) is 0 Å². The van der Waals surface area contributed by atoms with Crippen LogP contribution in [0.3, 0.4) is 0 Å². The average molecular weight is 388 g/mol. The van der Waals surface area contributed by atoms with Crippen LogP contribution in [-0.2, 0) is 19.7 Å². The maximum atomic E-state index is 14.1. The van der Waals surface area contributed by atoms with Crippen LogP contribution in [0.4, 0.5) is 26.3 Å². The molecule has 0 heterocycles. The van der Waals surface area contributed by atoms with Gasteiger partial charge < -0.3 is 0 Å². The number of sulfone groups is 2. The van der Waals surface area contributed by atoms with Crippen molar-refractivity contribution in [2.24, 2.45) is 11.8 Å². The maximum absolute atomic E-state index is 14.1. The van der Waals surface area contributed by atoms with Gasteiger partial charge in [0.2, 0.25) is 0 Å². The number of halogens is 6. The Hall–Kier alpha value is -0.780. The first kappa shape index (κ1) is 20.3. The minimum atomic E-state index is -5.40. The SMILES string of the molecule is C=CC1C(F)C(F)C(C(S(=O)(=O)CF)S(=O)(=O)CF)C(F)C1F. The number of hydrogen-bond acceptors (Lipinski definition) is 4. The fourth-order valence-corrected chi connectivity index (χ4v) is 6.49. The van der Waals surface area contributed by atoms with Gasteiger partial charge in [0.05, 0.1) is 5.92 Å². The van der Waals surface area contributed by atoms with Crippen LogP contribution < -0.4 is 0 Å². The first-order valence-corrected chi connectivity index (χ1v) is 9.63. The van der Waals surface area contributed by atoms with Crippen molar-refractivity contribution >= 4 is 19.7 Å². The van der Waals surface area contributed by atoms with Gasteiger partial charge in [-0.1, -0.05) is 6.08 Å². The summed E-state index contributed by atoms with van der Waals surface area (Å²) in [5, 5.41) is 0. The molecule has 0 aromatic carbocycles. The molecule has 0 amide bonds. The van der Waals surface area contributed by atoms with E-state index in [2.05, 4.69) is 6.58 Å². The number of rotatable bonds is 6. The molecule has 1 saturated carbocycles. The molecule has 0 aliphatic heterocycles. The summed E-state index contributed by atoms with van der Waals surface area (Å²) in [7, 11) is -10.8. The molecule has 1 fully saturated rings. The van der Waals surface area contributed by atoms with Crippen LogP contribution in [-0.4, -0.2) is 58.1 Å². The quantitative estimate of drug-likeness (QED) is 0.514. The Bertz CT molecular complexity index is 587. The minimum absolute atomic E-state index is 0.563. The standard InChI is InChI=1S/C11H14F6O4S2/c1-2-5-7(14)9(16)6(10(17)8(5)15)11(22(18,19)3-12)23(20,21)4-13/h2,5-11H,1,3-4H2. The summed E-state index contributed by atoms with van der Waals surface area (Å²) in [6.07, 6.45) is -11.3. The van der Waals surface area contributed by atoms with Gasteiger partial charge in [0, 0.05) is 5.92 Å². The number of allylic oxidation sites excluding steroid dienone is 1. The Balaban J connectivity index is 3.50. The zero-order valence-corrected chi connectivity index (χ0v) is 13.1. The summed E-state index contributed by atoms with van der Waals surface area (Å²) in [5.74, 6) is -4.92. The first-order valence-electron chi connectivity index (χ1n) is 6.20. The molecule has 23 heavy (non-hydrogen) atoms. The molecule has 1 aliphatic rings. The predicted molar refractivity (Wildman–Crippen MR) is 70.3 cm³/mol. The monoisotopic (exact) mass is 388 g/mol. The Morgan fingerprint density at radius 2 is 1.17 bits per heavy atom. The van der Waals surface area contributed by atoms with Crippen molar-refractivity contribution in [3.8, 4) is 0 Å². The molecule has 1 aliphatic carbocycles. The normalized spacial score (nSPS) is 36.1. The molecule has 4 atom stereocenters. The second-order valence-electron chi connectivity index (χ2n) is 5.08. The van der Waals surface area contributed by atoms with E-state index in [0.29, 0.717) is 6.08 Å². The molecule has 4 unspecified atom stereocenters. The van der Waals surface area contributed by atoms with E-state index in [9.17, 15) is 43.2 Å². The Kier molecular flexibility index (Phi) is 6.16. The van der Waals surface area contributed by atoms with Gasteiger partial charge in [-0.25, -0.2) is 43.2 Å². The second-order valence-corrected chi connectivity index (χ2v) is 9.48. The number of alkyl halides is 6. The summed E-state index contributed by atoms with van der Waals surface area (Å²) in [5.41, 5.74) is 0. The number of hydrogen-bond donors (Lipinski definition) is 0. The third-order valence-corrected chi connectivity index (χ3v) is 8.09. The molecule has 0 saturated heterocycles. The Labute approximate surface area is 129 Å². The van der Waals surface area contributed by atoms with Crippen LogP contribution >= 0.6 is 0 Å². The molecule has 1 rings (SSSR count). The van der Waals surface area contributed by atoms with Crippen molar-refractivity contribution in [2.45, 2.75) is 29.3 Å². The van der Waals surface area contributed by atoms with E-state index in [0.717, 1.165) is 0 Å². The van der Waals surface area contributed by atoms with Crippen molar-refractivity contribution < 1.29 is 43.2 Å². The van der Waals surface area contributed by atoms with E-state index in [1.54, 1.807) is 0 Å². The van der Waals surface area contributed by atoms with Crippen molar-refractivity contribution in [1.82, 2.24) is 0 Å². The van der Waals surface area contributed by atoms with E-state index in [-0.39, 0.29) is 0 Å². The third-order valence-electron chi connectivity index (χ3n) is 3.68. The van der Waals surface area contributed by atoms with Crippen LogP contribution in [0, 0.1) is 11.8 Å². The van der Waals surface area contributed by atoms with Crippen LogP contribution in [0.1, 0.15) is 0 Å². The van der Waals surface area contributed by atoms with E-state index in [1.165, 1.54) is 0 Å². The molecule has 0 aromatic rings. The molecule has 12 heteroatoms. The first-order chi connectivity index (χ1) is 10.5. The predicted octanol–water partition coefficient (Wildman–Crippen LogP) is 1.78. The molecular weight excluding hydrogens is 374 g/mol. The van der Waals surface area contributed by atoms with Gasteiger partial charge in [0.15, 0.2) is 36.3 Å². The highest BCUT2D eigenvalue weighted by molar-refractivity contribution is 8.08. The van der Waals surface area contributed by atoms with E-state index in [4.69, 9.17) is 0 Å². The van der Waals surface area contributed by atoms with Gasteiger partial charge in [-0.3, -0.25) is 0 Å². The van der Waals surface area contributed by atoms with Gasteiger partial charge in [-0.05, 0) is 0 Å². The molecule has 0 N–H and O–H groups in total. The molecule has 0 aromatic heterocycles. The van der Waals surface area contributed by atoms with Gasteiger partial charge in [0.1, 0.15) is 24.7 Å². The van der Waals surface area contributed by atoms with Crippen LogP contribution in [0.5, 0.6) is 0 Å². The van der Waals surface area contributed by atoms with E-state index >= 15 is 0 Å². The highest BCUT2D eigenvalue weighted by Crippen LogP contribution is 2.43. The molecule has 4 nitrogen and oxygen atoms in total. The minimum Gasteiger partial charge on any atom is -0.244 e. The fraction of sp³-hybridized carbons (Fsp3) is 0.818. The van der Waals surface area contributed by atoms with Crippen LogP contribution in [0.15, 0.2) is 12.7 Å². The summed E-state index contributed by atoms with van der Waals surface area (Å²) in [6, 6.07) is -4.77. The summed E-state index contributed by atoms with van der Waals surface area (Å²) >= 11 is 0. The zero-order valence-electron chi connectivity index (χ0n) is 11.5. The Morgan fingerprint density at radius 3 is 1.43 bits per heavy atom. The van der Waals surface area contributed by atoms with Crippen molar-refractivity contribution in [1.29, 1.82) is 0 Å². The largest absolute Gasteiger partial charge is 0.244 e. The highest BCUT2D eigenvalue weighted by Gasteiger charge is 2.60. The maximum Gasteiger partial charge on any atom is 0.197 e. The summed E-state index contributed by atoms with van der Waals surface area (Å²) in [4.78, 5) is 0. The molecular formula is C11H14F6O4S2. The lowest BCUT2D eigenvalue weighted by molar-refractivity contribution is -0.0586. The van der Waals surface area contributed by atoms with Crippen molar-refractivity contribution in [3.05, 3.63) is 12.7 Å². The zero-order chi connectivity index (χ0) is 18.2. The second kappa shape index (κ2) is 6.99. The van der Waals surface area contributed by atoms with E-state index < -0.39 is 72.8 Å². The smallest absolute Gasteiger partial charge is 0.197 e. The lowest BCUT2D eigenvalue weighted by Gasteiger charge is -2.40. The van der Waals surface area contributed by atoms with Gasteiger partial charge in [-0.2, -0.15) is 0 Å². The summed E-state index contributed by atoms with van der Waals surface area (Å²) < 4.78 is 124. The van der Waals surface area contributed by atoms with Crippen LogP contribution in [0.25, 0.3) is 0 Å². The average Bonchev–Trinajstić information content (AvgIpc) is 2.49. The van der Waals surface area contributed by atoms with Gasteiger partial charge in [0.25, 0.3) is 0 Å². The third kappa shape index (κ3) is 3.52. The lowest BCUT2D eigenvalue weighted by atomic mass is 9.77. The highest BCUT2D eigenvalue weighted by atomic mass is 32.3. The lowest BCUT2D eigenvalue weighted by Crippen LogP contribution is -2.58. The van der Waals surface area contributed by atoms with E-state index in [1.807, 2.05) is 0 Å². The van der Waals surface area contributed by atoms with Gasteiger partial charge in [-0.15, -0.1) is 6.58 Å². The molecule has 0 radical (unpaired) electrons. The molecule has 0 bridgehead atoms. The van der Waals surface area contributed by atoms with Gasteiger partial charge >= 0.3 is 0 Å². The molecule has 136 valence electrons. The fourth-order valence-electron chi connectivity index (χ4n) is 2.59.